The van der Waals surface area contributed by atoms with Gasteiger partial charge in [-0.05, 0) is 0 Å². The second-order valence-corrected chi connectivity index (χ2v) is 16.9. The van der Waals surface area contributed by atoms with E-state index in [9.17, 15) is 0 Å². The van der Waals surface area contributed by atoms with Gasteiger partial charge in [-0.1, -0.05) is 0 Å². The molecule has 0 atom stereocenters. The number of hydrogen-bond donors (Lipinski definition) is 0. The van der Waals surface area contributed by atoms with Gasteiger partial charge in [0.15, 0.2) is 0 Å². The fraction of sp³-hybridized carbons (Fsp3) is 0. The molecule has 5 heteroatoms. The van der Waals surface area contributed by atoms with Crippen molar-refractivity contribution < 1.29 is 5.48 Å². The molecule has 0 aromatic heterocycles. The Morgan fingerprint density at radius 1 is 1.20 bits per heavy atom. The fourth-order valence-electron chi connectivity index (χ4n) is 0. The summed E-state index contributed by atoms with van der Waals surface area (Å²) < 4.78 is 0. The van der Waals surface area contributed by atoms with Crippen LogP contribution >= 0.6 is 36.4 Å². The first-order valence-electron chi connectivity index (χ1n) is 0.378. The third kappa shape index (κ3) is 23.0. The van der Waals surface area contributed by atoms with Gasteiger partial charge >= 0.3 is 43.4 Å². The van der Waals surface area contributed by atoms with Crippen molar-refractivity contribution in [1.29, 1.82) is 0 Å². The summed E-state index contributed by atoms with van der Waals surface area (Å²) in [5.41, 5.74) is 0. The summed E-state index contributed by atoms with van der Waals surface area (Å²) >= 11 is 6.22. The molecule has 0 unspecified atom stereocenters. The zero-order chi connectivity index (χ0) is 2.71. The minimum atomic E-state index is -0.292. The quantitative estimate of drug-likeness (QED) is 0.521. The number of hydrogen-bond acceptors (Lipinski definition) is 0. The molecule has 0 aromatic rings. The molecule has 0 amide bonds. The van der Waals surface area contributed by atoms with E-state index < -0.39 is 0 Å². The Hall–Kier alpha value is 2.13. The molecule has 0 aromatic carbocycles. The van der Waals surface area contributed by atoms with Crippen LogP contribution in [-0.2, 0) is 0 Å². The molecule has 0 heterocycles. The summed E-state index contributed by atoms with van der Waals surface area (Å²) in [6.07, 6.45) is 0. The third-order valence-corrected chi connectivity index (χ3v) is 0. The van der Waals surface area contributed by atoms with Crippen LogP contribution in [0.4, 0.5) is 0 Å². The second kappa shape index (κ2) is 16.5. The first-order chi connectivity index (χ1) is 1.41. The van der Waals surface area contributed by atoms with Crippen LogP contribution in [0.5, 0.6) is 0 Å². The molecule has 0 spiro atoms. The average Bonchev–Trinajstić information content (AvgIpc) is 0.918. The SMILES string of the molecule is Cl.O.[Br][Pb][Br]. The van der Waals surface area contributed by atoms with Gasteiger partial charge in [0, 0.05) is 0 Å². The molecule has 0 aliphatic heterocycles. The summed E-state index contributed by atoms with van der Waals surface area (Å²) in [6.45, 7) is 0. The Bertz CT molecular complexity index is 9.61. The summed E-state index contributed by atoms with van der Waals surface area (Å²) in [4.78, 5) is 0. The fourth-order valence-corrected chi connectivity index (χ4v) is 0. The van der Waals surface area contributed by atoms with Crippen molar-refractivity contribution in [1.82, 2.24) is 0 Å². The van der Waals surface area contributed by atoms with Crippen molar-refractivity contribution in [2.24, 2.45) is 0 Å². The predicted octanol–water partition coefficient (Wildman–Crippen LogP) is 0.907. The Balaban J connectivity index is -0.0000000200. The van der Waals surface area contributed by atoms with Crippen LogP contribution in [0.1, 0.15) is 0 Å². The second-order valence-electron chi connectivity index (χ2n) is 0.0714. The molecule has 0 fully saturated rings. The molecular formula is H3Br2ClOPb. The van der Waals surface area contributed by atoms with Gasteiger partial charge in [0.25, 0.3) is 0 Å². The predicted molar refractivity (Wildman–Crippen MR) is 34.5 cm³/mol. The van der Waals surface area contributed by atoms with E-state index >= 15 is 0 Å². The van der Waals surface area contributed by atoms with E-state index in [-0.39, 0.29) is 37.3 Å². The van der Waals surface area contributed by atoms with Crippen LogP contribution in [0.3, 0.4) is 0 Å². The van der Waals surface area contributed by atoms with E-state index in [0.29, 0.717) is 0 Å². The van der Waals surface area contributed by atoms with Gasteiger partial charge < -0.3 is 5.48 Å². The topological polar surface area (TPSA) is 31.5 Å². The molecule has 34 valence electrons. The van der Waals surface area contributed by atoms with Crippen LogP contribution in [-0.4, -0.2) is 24.9 Å². The molecule has 0 bridgehead atoms. The zero-order valence-corrected chi connectivity index (χ0v) is 10.0. The van der Waals surface area contributed by atoms with Crippen LogP contribution in [0, 0.1) is 0 Å². The molecule has 0 saturated heterocycles. The van der Waals surface area contributed by atoms with Crippen LogP contribution < -0.4 is 0 Å². The van der Waals surface area contributed by atoms with Gasteiger partial charge in [-0.25, -0.2) is 0 Å². The Morgan fingerprint density at radius 3 is 1.20 bits per heavy atom. The minimum absolute atomic E-state index is 0. The van der Waals surface area contributed by atoms with E-state index in [1.54, 1.807) is 0 Å². The summed E-state index contributed by atoms with van der Waals surface area (Å²) in [7, 11) is 0. The van der Waals surface area contributed by atoms with E-state index in [1.807, 2.05) is 0 Å². The van der Waals surface area contributed by atoms with Gasteiger partial charge in [0.2, 0.25) is 0 Å². The first-order valence-corrected chi connectivity index (χ1v) is 17.2. The van der Waals surface area contributed by atoms with Gasteiger partial charge in [-0.15, -0.1) is 12.4 Å². The molecule has 5 heavy (non-hydrogen) atoms. The van der Waals surface area contributed by atoms with E-state index in [1.165, 1.54) is 0 Å². The summed E-state index contributed by atoms with van der Waals surface area (Å²) in [6, 6.07) is 0. The van der Waals surface area contributed by atoms with Crippen LogP contribution in [0.15, 0.2) is 0 Å². The normalized spacial score (nSPS) is 3.60. The molecular weight excluding hydrogens is 418 g/mol. The Morgan fingerprint density at radius 2 is 1.20 bits per heavy atom. The van der Waals surface area contributed by atoms with Crippen LogP contribution in [0.2, 0.25) is 0 Å². The molecule has 0 saturated carbocycles. The monoisotopic (exact) mass is 420 g/mol. The first kappa shape index (κ1) is 15.7. The number of rotatable bonds is 0. The van der Waals surface area contributed by atoms with E-state index in [0.717, 1.165) is 0 Å². The molecule has 2 N–H and O–H groups in total. The summed E-state index contributed by atoms with van der Waals surface area (Å²) in [5.74, 6) is 0. The van der Waals surface area contributed by atoms with Crippen molar-refractivity contribution >= 4 is 55.8 Å². The van der Waals surface area contributed by atoms with E-state index in [2.05, 4.69) is 24.0 Å². The van der Waals surface area contributed by atoms with Gasteiger partial charge in [0.05, 0.1) is 0 Å². The Kier molecular flexibility index (Phi) is 51.7. The summed E-state index contributed by atoms with van der Waals surface area (Å²) in [5, 5.41) is 0. The van der Waals surface area contributed by atoms with Crippen molar-refractivity contribution in [2.75, 3.05) is 0 Å². The van der Waals surface area contributed by atoms with Gasteiger partial charge in [0.1, 0.15) is 0 Å². The van der Waals surface area contributed by atoms with Crippen molar-refractivity contribution in [3.63, 3.8) is 0 Å². The third-order valence-electron chi connectivity index (χ3n) is 0. The van der Waals surface area contributed by atoms with Crippen molar-refractivity contribution in [3.8, 4) is 0 Å². The maximum atomic E-state index is 3.26. The standard InChI is InChI=1S/2BrH.ClH.H2O.Pb/h3*1H;1H2;/q;;;;+2/p-2. The van der Waals surface area contributed by atoms with Crippen LogP contribution in [0.25, 0.3) is 0 Å². The molecule has 0 aliphatic carbocycles. The number of halogens is 3. The maximum absolute atomic E-state index is 3.26. The van der Waals surface area contributed by atoms with E-state index in [4.69, 9.17) is 0 Å². The molecule has 0 rings (SSSR count). The van der Waals surface area contributed by atoms with Gasteiger partial charge in [-0.2, -0.15) is 0 Å². The van der Waals surface area contributed by atoms with Crippen molar-refractivity contribution in [2.45, 2.75) is 0 Å². The average molecular weight is 421 g/mol. The molecule has 1 nitrogen and oxygen atoms in total. The Labute approximate surface area is 60.4 Å². The van der Waals surface area contributed by atoms with Gasteiger partial charge in [-0.3, -0.25) is 0 Å². The zero-order valence-electron chi connectivity index (χ0n) is 2.16. The molecule has 2 radical (unpaired) electrons. The molecule has 0 aliphatic rings. The van der Waals surface area contributed by atoms with Crippen molar-refractivity contribution in [3.05, 3.63) is 0 Å².